The predicted octanol–water partition coefficient (Wildman–Crippen LogP) is 4.77. The van der Waals surface area contributed by atoms with E-state index in [2.05, 4.69) is 31.9 Å². The third-order valence-electron chi connectivity index (χ3n) is 1.77. The van der Waals surface area contributed by atoms with E-state index in [0.29, 0.717) is 0 Å². The second-order valence-electron chi connectivity index (χ2n) is 2.94. The SMILES string of the molecule is Cc1ccc([C@@](F)(Br)[C@@](F)(Cl)Br)cc1. The van der Waals surface area contributed by atoms with E-state index in [1.54, 1.807) is 12.1 Å². The topological polar surface area (TPSA) is 0 Å². The van der Waals surface area contributed by atoms with Crippen LogP contribution in [-0.4, -0.2) is 4.04 Å². The molecule has 1 aromatic carbocycles. The average molecular weight is 348 g/mol. The largest absolute Gasteiger partial charge is 0.285 e. The fraction of sp³-hybridized carbons (Fsp3) is 0.333. The Kier molecular flexibility index (Phi) is 3.60. The van der Waals surface area contributed by atoms with Crippen LogP contribution in [0.2, 0.25) is 0 Å². The van der Waals surface area contributed by atoms with E-state index in [0.717, 1.165) is 5.56 Å². The number of hydrogen-bond donors (Lipinski definition) is 0. The van der Waals surface area contributed by atoms with Crippen LogP contribution >= 0.6 is 43.5 Å². The quantitative estimate of drug-likeness (QED) is 0.676. The maximum atomic E-state index is 13.8. The number of rotatable bonds is 2. The van der Waals surface area contributed by atoms with Gasteiger partial charge < -0.3 is 0 Å². The van der Waals surface area contributed by atoms with E-state index >= 15 is 0 Å². The van der Waals surface area contributed by atoms with E-state index in [9.17, 15) is 8.78 Å². The Morgan fingerprint density at radius 3 is 1.93 bits per heavy atom. The van der Waals surface area contributed by atoms with Crippen molar-refractivity contribution < 1.29 is 8.78 Å². The number of aryl methyl sites for hydroxylation is 1. The first kappa shape index (κ1) is 12.4. The van der Waals surface area contributed by atoms with Gasteiger partial charge in [0.2, 0.25) is 4.58 Å². The summed E-state index contributed by atoms with van der Waals surface area (Å²) >= 11 is 10.3. The molecular formula is C9H7Br2ClF2. The van der Waals surface area contributed by atoms with Crippen LogP contribution in [0.1, 0.15) is 11.1 Å². The molecule has 1 rings (SSSR count). The first-order chi connectivity index (χ1) is 6.25. The van der Waals surface area contributed by atoms with Crippen molar-refractivity contribution in [3.63, 3.8) is 0 Å². The van der Waals surface area contributed by atoms with Crippen molar-refractivity contribution in [1.29, 1.82) is 0 Å². The Hall–Kier alpha value is 0.330. The molecule has 1 aromatic rings. The molecule has 0 saturated carbocycles. The van der Waals surface area contributed by atoms with Gasteiger partial charge >= 0.3 is 0 Å². The summed E-state index contributed by atoms with van der Waals surface area (Å²) in [7, 11) is 0. The van der Waals surface area contributed by atoms with Crippen molar-refractivity contribution in [2.75, 3.05) is 0 Å². The molecule has 0 nitrogen and oxygen atoms in total. The monoisotopic (exact) mass is 346 g/mol. The molecule has 0 aliphatic rings. The molecule has 0 N–H and O–H groups in total. The summed E-state index contributed by atoms with van der Waals surface area (Å²) in [6.07, 6.45) is 0. The Balaban J connectivity index is 3.10. The van der Waals surface area contributed by atoms with Gasteiger partial charge in [0, 0.05) is 5.56 Å². The second kappa shape index (κ2) is 4.06. The zero-order valence-electron chi connectivity index (χ0n) is 7.20. The Morgan fingerprint density at radius 1 is 1.14 bits per heavy atom. The van der Waals surface area contributed by atoms with Gasteiger partial charge in [-0.15, -0.1) is 0 Å². The highest BCUT2D eigenvalue weighted by Gasteiger charge is 2.50. The minimum absolute atomic E-state index is 0.123. The predicted molar refractivity (Wildman–Crippen MR) is 61.5 cm³/mol. The molecule has 5 heteroatoms. The Bertz CT molecular complexity index is 317. The van der Waals surface area contributed by atoms with Crippen LogP contribution in [0.25, 0.3) is 0 Å². The van der Waals surface area contributed by atoms with Crippen molar-refractivity contribution in [1.82, 2.24) is 0 Å². The molecule has 0 radical (unpaired) electrons. The molecule has 14 heavy (non-hydrogen) atoms. The maximum absolute atomic E-state index is 13.8. The van der Waals surface area contributed by atoms with Gasteiger partial charge in [0.15, 0.2) is 0 Å². The fourth-order valence-corrected chi connectivity index (χ4v) is 1.53. The molecule has 0 spiro atoms. The summed E-state index contributed by atoms with van der Waals surface area (Å²) in [5, 5.41) is 0. The Labute approximate surface area is 103 Å². The van der Waals surface area contributed by atoms with E-state index in [-0.39, 0.29) is 5.56 Å². The lowest BCUT2D eigenvalue weighted by Crippen LogP contribution is -2.29. The normalized spacial score (nSPS) is 19.9. The highest BCUT2D eigenvalue weighted by molar-refractivity contribution is 9.13. The van der Waals surface area contributed by atoms with Crippen LogP contribution in [0.15, 0.2) is 24.3 Å². The average Bonchev–Trinajstić information content (AvgIpc) is 2.03. The number of halogens is 5. The van der Waals surface area contributed by atoms with Crippen LogP contribution in [0.3, 0.4) is 0 Å². The van der Waals surface area contributed by atoms with Crippen molar-refractivity contribution in [2.24, 2.45) is 0 Å². The number of benzene rings is 1. The van der Waals surface area contributed by atoms with Gasteiger partial charge in [-0.2, -0.15) is 0 Å². The van der Waals surface area contributed by atoms with E-state index in [1.165, 1.54) is 12.1 Å². The van der Waals surface area contributed by atoms with Crippen molar-refractivity contribution >= 4 is 43.5 Å². The minimum atomic E-state index is -2.67. The molecule has 0 bridgehead atoms. The lowest BCUT2D eigenvalue weighted by Gasteiger charge is -2.25. The van der Waals surface area contributed by atoms with E-state index in [4.69, 9.17) is 11.6 Å². The van der Waals surface area contributed by atoms with Gasteiger partial charge in [0.25, 0.3) is 4.04 Å². The lowest BCUT2D eigenvalue weighted by atomic mass is 10.1. The van der Waals surface area contributed by atoms with Crippen LogP contribution in [0.5, 0.6) is 0 Å². The van der Waals surface area contributed by atoms with Gasteiger partial charge in [-0.3, -0.25) is 0 Å². The molecule has 78 valence electrons. The van der Waals surface area contributed by atoms with Crippen molar-refractivity contribution in [3.8, 4) is 0 Å². The summed E-state index contributed by atoms with van der Waals surface area (Å²) in [4.78, 5) is 0. The molecule has 0 aliphatic carbocycles. The Morgan fingerprint density at radius 2 is 1.57 bits per heavy atom. The molecule has 0 fully saturated rings. The zero-order valence-corrected chi connectivity index (χ0v) is 11.1. The molecule has 2 atom stereocenters. The third kappa shape index (κ3) is 2.47. The molecule has 0 heterocycles. The molecule has 0 saturated heterocycles. The third-order valence-corrected chi connectivity index (χ3v) is 4.34. The smallest absolute Gasteiger partial charge is 0.220 e. The van der Waals surface area contributed by atoms with Gasteiger partial charge in [-0.1, -0.05) is 41.4 Å². The highest BCUT2D eigenvalue weighted by atomic mass is 79.9. The minimum Gasteiger partial charge on any atom is -0.220 e. The van der Waals surface area contributed by atoms with E-state index in [1.807, 2.05) is 6.92 Å². The van der Waals surface area contributed by atoms with Crippen molar-refractivity contribution in [3.05, 3.63) is 35.4 Å². The second-order valence-corrected chi connectivity index (χ2v) is 6.10. The van der Waals surface area contributed by atoms with Crippen LogP contribution in [0.4, 0.5) is 8.78 Å². The zero-order chi connectivity index (χ0) is 11.0. The summed E-state index contributed by atoms with van der Waals surface area (Å²) < 4.78 is 21.9. The van der Waals surface area contributed by atoms with Gasteiger partial charge in [-0.05, 0) is 38.8 Å². The number of hydrogen-bond acceptors (Lipinski definition) is 0. The lowest BCUT2D eigenvalue weighted by molar-refractivity contribution is 0.183. The summed E-state index contributed by atoms with van der Waals surface area (Å²) in [5.74, 6) is 0. The first-order valence-corrected chi connectivity index (χ1v) is 5.73. The van der Waals surface area contributed by atoms with Crippen molar-refractivity contribution in [2.45, 2.75) is 15.5 Å². The van der Waals surface area contributed by atoms with E-state index < -0.39 is 8.62 Å². The standard InChI is InChI=1S/C9H7Br2ClF2/c1-6-2-4-7(5-3-6)8(10,13)9(11,12)14/h2-5H,1H3/t8-,9-/m0/s1. The summed E-state index contributed by atoms with van der Waals surface area (Å²) in [6, 6.07) is 6.31. The maximum Gasteiger partial charge on any atom is 0.285 e. The molecule has 0 aliphatic heterocycles. The fourth-order valence-electron chi connectivity index (χ4n) is 0.927. The molecule has 0 unspecified atom stereocenters. The first-order valence-electron chi connectivity index (χ1n) is 3.77. The highest BCUT2D eigenvalue weighted by Crippen LogP contribution is 2.51. The van der Waals surface area contributed by atoms with Gasteiger partial charge in [0.05, 0.1) is 0 Å². The van der Waals surface area contributed by atoms with Crippen LogP contribution in [0, 0.1) is 6.92 Å². The van der Waals surface area contributed by atoms with Gasteiger partial charge in [0.1, 0.15) is 0 Å². The molecular weight excluding hydrogens is 341 g/mol. The van der Waals surface area contributed by atoms with Gasteiger partial charge in [-0.25, -0.2) is 8.78 Å². The molecule has 0 amide bonds. The molecule has 0 aromatic heterocycles. The number of alkyl halides is 5. The van der Waals surface area contributed by atoms with Crippen LogP contribution < -0.4 is 0 Å². The summed E-state index contributed by atoms with van der Waals surface area (Å²) in [5.41, 5.74) is 1.09. The summed E-state index contributed by atoms with van der Waals surface area (Å²) in [6.45, 7) is 1.86. The van der Waals surface area contributed by atoms with Crippen LogP contribution in [-0.2, 0) is 4.58 Å².